The number of halogens is 2. The highest BCUT2D eigenvalue weighted by Crippen LogP contribution is 2.20. The van der Waals surface area contributed by atoms with Crippen LogP contribution in [0.25, 0.3) is 10.9 Å². The number of fused-ring (bicyclic) bond motifs is 1. The first kappa shape index (κ1) is 16.1. The van der Waals surface area contributed by atoms with Crippen LogP contribution in [0.2, 0.25) is 0 Å². The van der Waals surface area contributed by atoms with Crippen molar-refractivity contribution >= 4 is 23.3 Å². The minimum Gasteiger partial charge on any atom is -0.374 e. The van der Waals surface area contributed by atoms with Gasteiger partial charge in [0.05, 0.1) is 18.2 Å². The molecule has 2 aromatic rings. The Kier molecular flexibility index (Phi) is 5.47. The SMILES string of the molecule is Cl.NCC1CN(Cc2cc(F)cc3cccnc23)CCO1. The van der Waals surface area contributed by atoms with Gasteiger partial charge in [0.15, 0.2) is 0 Å². The molecular weight excluding hydrogens is 293 g/mol. The molecule has 0 bridgehead atoms. The van der Waals surface area contributed by atoms with E-state index in [-0.39, 0.29) is 24.3 Å². The van der Waals surface area contributed by atoms with E-state index >= 15 is 0 Å². The molecule has 0 spiro atoms. The first-order valence-electron chi connectivity index (χ1n) is 6.83. The molecule has 1 aromatic carbocycles. The average Bonchev–Trinajstić information content (AvgIpc) is 2.47. The smallest absolute Gasteiger partial charge is 0.124 e. The molecular formula is C15H19ClFN3O. The minimum absolute atomic E-state index is 0. The van der Waals surface area contributed by atoms with Gasteiger partial charge in [-0.3, -0.25) is 9.88 Å². The molecule has 0 amide bonds. The molecule has 1 fully saturated rings. The molecule has 1 atom stereocenters. The fraction of sp³-hybridized carbons (Fsp3) is 0.400. The maximum Gasteiger partial charge on any atom is 0.124 e. The number of hydrogen-bond acceptors (Lipinski definition) is 4. The highest BCUT2D eigenvalue weighted by Gasteiger charge is 2.20. The Morgan fingerprint density at radius 2 is 2.29 bits per heavy atom. The summed E-state index contributed by atoms with van der Waals surface area (Å²) in [7, 11) is 0. The first-order valence-corrected chi connectivity index (χ1v) is 6.83. The molecule has 21 heavy (non-hydrogen) atoms. The van der Waals surface area contributed by atoms with Crippen LogP contribution < -0.4 is 5.73 Å². The van der Waals surface area contributed by atoms with Gasteiger partial charge in [0, 0.05) is 37.8 Å². The predicted molar refractivity (Wildman–Crippen MR) is 83.0 cm³/mol. The van der Waals surface area contributed by atoms with Gasteiger partial charge < -0.3 is 10.5 Å². The first-order chi connectivity index (χ1) is 9.76. The van der Waals surface area contributed by atoms with Gasteiger partial charge in [-0.05, 0) is 23.8 Å². The summed E-state index contributed by atoms with van der Waals surface area (Å²) >= 11 is 0. The lowest BCUT2D eigenvalue weighted by Gasteiger charge is -2.32. The highest BCUT2D eigenvalue weighted by atomic mass is 35.5. The van der Waals surface area contributed by atoms with Crippen LogP contribution in [0.4, 0.5) is 4.39 Å². The van der Waals surface area contributed by atoms with Crippen molar-refractivity contribution in [3.8, 4) is 0 Å². The van der Waals surface area contributed by atoms with E-state index in [1.165, 1.54) is 6.07 Å². The molecule has 1 unspecified atom stereocenters. The zero-order valence-electron chi connectivity index (χ0n) is 11.7. The summed E-state index contributed by atoms with van der Waals surface area (Å²) in [5, 5.41) is 0.839. The summed E-state index contributed by atoms with van der Waals surface area (Å²) in [6.45, 7) is 3.47. The molecule has 0 radical (unpaired) electrons. The lowest BCUT2D eigenvalue weighted by molar-refractivity contribution is -0.0259. The standard InChI is InChI=1S/C15H18FN3O.ClH/c16-13-6-11-2-1-3-18-15(11)12(7-13)9-19-4-5-20-14(8-17)10-19;/h1-3,6-7,14H,4-5,8-10,17H2;1H. The predicted octanol–water partition coefficient (Wildman–Crippen LogP) is 1.96. The fourth-order valence-electron chi connectivity index (χ4n) is 2.66. The molecule has 1 saturated heterocycles. The number of ether oxygens (including phenoxy) is 1. The third kappa shape index (κ3) is 3.68. The van der Waals surface area contributed by atoms with Gasteiger partial charge in [-0.2, -0.15) is 0 Å². The van der Waals surface area contributed by atoms with Crippen LogP contribution in [0.3, 0.4) is 0 Å². The summed E-state index contributed by atoms with van der Waals surface area (Å²) < 4.78 is 19.3. The molecule has 2 N–H and O–H groups in total. The van der Waals surface area contributed by atoms with E-state index in [9.17, 15) is 4.39 Å². The molecule has 0 aliphatic carbocycles. The van der Waals surface area contributed by atoms with Crippen molar-refractivity contribution in [2.45, 2.75) is 12.6 Å². The van der Waals surface area contributed by atoms with Crippen LogP contribution in [0.5, 0.6) is 0 Å². The van der Waals surface area contributed by atoms with Gasteiger partial charge in [-0.15, -0.1) is 12.4 Å². The number of hydrogen-bond donors (Lipinski definition) is 1. The summed E-state index contributed by atoms with van der Waals surface area (Å²) in [6, 6.07) is 6.80. The van der Waals surface area contributed by atoms with Crippen molar-refractivity contribution in [2.75, 3.05) is 26.2 Å². The van der Waals surface area contributed by atoms with Gasteiger partial charge in [-0.1, -0.05) is 6.07 Å². The number of pyridine rings is 1. The molecule has 0 saturated carbocycles. The highest BCUT2D eigenvalue weighted by molar-refractivity contribution is 5.85. The van der Waals surface area contributed by atoms with Crippen molar-refractivity contribution in [3.63, 3.8) is 0 Å². The van der Waals surface area contributed by atoms with Gasteiger partial charge in [0.25, 0.3) is 0 Å². The summed E-state index contributed by atoms with van der Waals surface area (Å²) in [4.78, 5) is 6.62. The van der Waals surface area contributed by atoms with E-state index in [1.807, 2.05) is 12.1 Å². The second-order valence-electron chi connectivity index (χ2n) is 5.10. The number of nitrogens with two attached hydrogens (primary N) is 1. The summed E-state index contributed by atoms with van der Waals surface area (Å²) in [6.07, 6.45) is 1.81. The van der Waals surface area contributed by atoms with E-state index in [0.717, 1.165) is 29.6 Å². The van der Waals surface area contributed by atoms with Crippen LogP contribution in [0.15, 0.2) is 30.5 Å². The van der Waals surface area contributed by atoms with Gasteiger partial charge in [-0.25, -0.2) is 4.39 Å². The van der Waals surface area contributed by atoms with Crippen LogP contribution in [-0.2, 0) is 11.3 Å². The van der Waals surface area contributed by atoms with Crippen LogP contribution in [-0.4, -0.2) is 42.2 Å². The molecule has 6 heteroatoms. The zero-order valence-corrected chi connectivity index (χ0v) is 12.5. The number of benzene rings is 1. The van der Waals surface area contributed by atoms with E-state index in [1.54, 1.807) is 12.3 Å². The summed E-state index contributed by atoms with van der Waals surface area (Å²) in [5.41, 5.74) is 7.43. The lowest BCUT2D eigenvalue weighted by Crippen LogP contribution is -2.45. The number of nitrogens with zero attached hydrogens (tertiary/aromatic N) is 2. The Morgan fingerprint density at radius 3 is 3.10 bits per heavy atom. The Labute approximate surface area is 129 Å². The van der Waals surface area contributed by atoms with Gasteiger partial charge in [0.2, 0.25) is 0 Å². The quantitative estimate of drug-likeness (QED) is 0.941. The Hall–Kier alpha value is -1.27. The van der Waals surface area contributed by atoms with Crippen molar-refractivity contribution < 1.29 is 9.13 Å². The lowest BCUT2D eigenvalue weighted by atomic mass is 10.1. The van der Waals surface area contributed by atoms with Crippen LogP contribution >= 0.6 is 12.4 Å². The molecule has 1 aromatic heterocycles. The second kappa shape index (κ2) is 7.13. The Balaban J connectivity index is 0.00000161. The van der Waals surface area contributed by atoms with Crippen molar-refractivity contribution in [3.05, 3.63) is 41.8 Å². The topological polar surface area (TPSA) is 51.4 Å². The Morgan fingerprint density at radius 1 is 1.43 bits per heavy atom. The maximum absolute atomic E-state index is 13.7. The van der Waals surface area contributed by atoms with Crippen molar-refractivity contribution in [1.82, 2.24) is 9.88 Å². The van der Waals surface area contributed by atoms with E-state index < -0.39 is 0 Å². The third-order valence-corrected chi connectivity index (χ3v) is 3.63. The Bertz CT molecular complexity index is 610. The monoisotopic (exact) mass is 311 g/mol. The second-order valence-corrected chi connectivity index (χ2v) is 5.10. The van der Waals surface area contributed by atoms with Crippen LogP contribution in [0.1, 0.15) is 5.56 Å². The molecule has 114 valence electrons. The molecule has 4 nitrogen and oxygen atoms in total. The largest absolute Gasteiger partial charge is 0.374 e. The van der Waals surface area contributed by atoms with Crippen molar-refractivity contribution in [1.29, 1.82) is 0 Å². The van der Waals surface area contributed by atoms with Crippen molar-refractivity contribution in [2.24, 2.45) is 5.73 Å². The summed E-state index contributed by atoms with van der Waals surface area (Å²) in [5.74, 6) is -0.218. The maximum atomic E-state index is 13.7. The molecule has 3 rings (SSSR count). The van der Waals surface area contributed by atoms with E-state index in [4.69, 9.17) is 10.5 Å². The van der Waals surface area contributed by atoms with E-state index in [0.29, 0.717) is 19.7 Å². The molecule has 1 aliphatic heterocycles. The molecule has 2 heterocycles. The molecule has 1 aliphatic rings. The fourth-order valence-corrected chi connectivity index (χ4v) is 2.66. The average molecular weight is 312 g/mol. The van der Waals surface area contributed by atoms with E-state index in [2.05, 4.69) is 9.88 Å². The normalized spacial score (nSPS) is 19.4. The number of rotatable bonds is 3. The third-order valence-electron chi connectivity index (χ3n) is 3.63. The minimum atomic E-state index is -0.218. The zero-order chi connectivity index (χ0) is 13.9. The van der Waals surface area contributed by atoms with Gasteiger partial charge >= 0.3 is 0 Å². The van der Waals surface area contributed by atoms with Gasteiger partial charge in [0.1, 0.15) is 5.82 Å². The van der Waals surface area contributed by atoms with Crippen LogP contribution in [0, 0.1) is 5.82 Å². The number of aromatic nitrogens is 1. The number of morpholine rings is 1.